The molecule has 0 aliphatic rings. The first-order valence-corrected chi connectivity index (χ1v) is 5.19. The van der Waals surface area contributed by atoms with Gasteiger partial charge in [-0.05, 0) is 34.6 Å². The van der Waals surface area contributed by atoms with Crippen LogP contribution in [0, 0.1) is 17.8 Å². The van der Waals surface area contributed by atoms with E-state index in [-0.39, 0.29) is 0 Å². The van der Waals surface area contributed by atoms with Gasteiger partial charge in [-0.1, -0.05) is 5.92 Å². The zero-order valence-electron chi connectivity index (χ0n) is 10.8. The number of aliphatic carboxylic acids is 1. The summed E-state index contributed by atoms with van der Waals surface area (Å²) in [6.45, 7) is 8.18. The summed E-state index contributed by atoms with van der Waals surface area (Å²) in [7, 11) is 0. The van der Waals surface area contributed by atoms with Crippen LogP contribution in [0.1, 0.15) is 34.6 Å². The number of amides is 1. The van der Waals surface area contributed by atoms with E-state index in [1.165, 1.54) is 0 Å². The van der Waals surface area contributed by atoms with E-state index in [9.17, 15) is 9.59 Å². The van der Waals surface area contributed by atoms with Crippen molar-refractivity contribution in [1.82, 2.24) is 5.32 Å². The van der Waals surface area contributed by atoms with Gasteiger partial charge >= 0.3 is 12.1 Å². The van der Waals surface area contributed by atoms with Crippen LogP contribution in [0.3, 0.4) is 0 Å². The molecule has 1 atom stereocenters. The van der Waals surface area contributed by atoms with Gasteiger partial charge in [0.1, 0.15) is 11.6 Å². The highest BCUT2D eigenvalue weighted by molar-refractivity contribution is 5.81. The number of hydrogen-bond acceptors (Lipinski definition) is 3. The van der Waals surface area contributed by atoms with Crippen LogP contribution in [0.5, 0.6) is 0 Å². The Morgan fingerprint density at radius 2 is 1.76 bits per heavy atom. The van der Waals surface area contributed by atoms with Crippen LogP contribution in [-0.4, -0.2) is 28.8 Å². The van der Waals surface area contributed by atoms with E-state index in [4.69, 9.17) is 16.3 Å². The van der Waals surface area contributed by atoms with Gasteiger partial charge in [0.2, 0.25) is 0 Å². The van der Waals surface area contributed by atoms with Gasteiger partial charge in [0.05, 0.1) is 5.41 Å². The molecule has 0 heterocycles. The van der Waals surface area contributed by atoms with Gasteiger partial charge in [0, 0.05) is 0 Å². The molecular weight excluding hydrogens is 222 g/mol. The largest absolute Gasteiger partial charge is 0.480 e. The Bertz CT molecular complexity index is 346. The molecule has 0 aromatic heterocycles. The maximum Gasteiger partial charge on any atom is 0.408 e. The first-order chi connectivity index (χ1) is 7.49. The lowest BCUT2D eigenvalue weighted by atomic mass is 9.85. The van der Waals surface area contributed by atoms with Gasteiger partial charge in [-0.3, -0.25) is 0 Å². The number of terminal acetylenes is 1. The van der Waals surface area contributed by atoms with E-state index in [1.807, 2.05) is 0 Å². The zero-order valence-corrected chi connectivity index (χ0v) is 10.8. The molecule has 0 aliphatic carbocycles. The van der Waals surface area contributed by atoms with Gasteiger partial charge in [0.15, 0.2) is 0 Å². The summed E-state index contributed by atoms with van der Waals surface area (Å²) in [4.78, 5) is 22.5. The summed E-state index contributed by atoms with van der Waals surface area (Å²) in [6, 6.07) is -1.19. The van der Waals surface area contributed by atoms with Gasteiger partial charge in [0.25, 0.3) is 0 Å². The van der Waals surface area contributed by atoms with E-state index < -0.39 is 29.1 Å². The van der Waals surface area contributed by atoms with Gasteiger partial charge in [-0.2, -0.15) is 0 Å². The minimum absolute atomic E-state index is 0.687. The highest BCUT2D eigenvalue weighted by Crippen LogP contribution is 2.20. The molecule has 0 aromatic carbocycles. The number of carboxylic acids is 1. The van der Waals surface area contributed by atoms with Crippen molar-refractivity contribution in [3.63, 3.8) is 0 Å². The first-order valence-electron chi connectivity index (χ1n) is 5.19. The standard InChI is InChI=1S/C12H19NO4/c1-7-12(5,6)8(9(14)15)13-10(16)17-11(2,3)4/h1,8H,2-6H3,(H,13,16)(H,14,15)/t8-/m1/s1. The Morgan fingerprint density at radius 1 is 1.29 bits per heavy atom. The van der Waals surface area contributed by atoms with Gasteiger partial charge in [-0.15, -0.1) is 6.42 Å². The smallest absolute Gasteiger partial charge is 0.408 e. The summed E-state index contributed by atoms with van der Waals surface area (Å²) in [5.41, 5.74) is -1.68. The molecule has 0 radical (unpaired) electrons. The Hall–Kier alpha value is -1.70. The zero-order chi connectivity index (χ0) is 13.9. The van der Waals surface area contributed by atoms with E-state index in [0.717, 1.165) is 0 Å². The molecule has 1 amide bonds. The van der Waals surface area contributed by atoms with Crippen molar-refractivity contribution in [2.45, 2.75) is 46.3 Å². The lowest BCUT2D eigenvalue weighted by Crippen LogP contribution is -2.51. The van der Waals surface area contributed by atoms with Crippen LogP contribution >= 0.6 is 0 Å². The van der Waals surface area contributed by atoms with Crippen molar-refractivity contribution < 1.29 is 19.4 Å². The SMILES string of the molecule is C#CC(C)(C)[C@H](NC(=O)OC(C)(C)C)C(=O)O. The third-order valence-electron chi connectivity index (χ3n) is 2.00. The van der Waals surface area contributed by atoms with Crippen LogP contribution in [0.15, 0.2) is 0 Å². The maximum atomic E-state index is 11.5. The topological polar surface area (TPSA) is 75.6 Å². The fourth-order valence-electron chi connectivity index (χ4n) is 1.06. The number of carboxylic acid groups (broad SMARTS) is 1. The Balaban J connectivity index is 4.77. The summed E-state index contributed by atoms with van der Waals surface area (Å²) in [6.07, 6.45) is 4.44. The molecule has 0 aliphatic heterocycles. The molecular formula is C12H19NO4. The molecule has 0 saturated carbocycles. The molecule has 0 aromatic rings. The molecule has 0 bridgehead atoms. The second-order valence-corrected chi connectivity index (χ2v) is 5.28. The van der Waals surface area contributed by atoms with Crippen LogP contribution in [-0.2, 0) is 9.53 Å². The van der Waals surface area contributed by atoms with E-state index >= 15 is 0 Å². The van der Waals surface area contributed by atoms with Crippen molar-refractivity contribution in [2.75, 3.05) is 0 Å². The van der Waals surface area contributed by atoms with E-state index in [0.29, 0.717) is 0 Å². The van der Waals surface area contributed by atoms with Crippen LogP contribution in [0.25, 0.3) is 0 Å². The van der Waals surface area contributed by atoms with Crippen molar-refractivity contribution >= 4 is 12.1 Å². The van der Waals surface area contributed by atoms with Crippen LogP contribution in [0.4, 0.5) is 4.79 Å². The van der Waals surface area contributed by atoms with Crippen molar-refractivity contribution in [3.8, 4) is 12.3 Å². The average molecular weight is 241 g/mol. The van der Waals surface area contributed by atoms with Crippen molar-refractivity contribution in [2.24, 2.45) is 5.41 Å². The quantitative estimate of drug-likeness (QED) is 0.736. The fourth-order valence-corrected chi connectivity index (χ4v) is 1.06. The molecule has 2 N–H and O–H groups in total. The molecule has 5 nitrogen and oxygen atoms in total. The number of carbonyl (C=O) groups is 2. The van der Waals surface area contributed by atoms with Gasteiger partial charge < -0.3 is 15.2 Å². The Morgan fingerprint density at radius 3 is 2.06 bits per heavy atom. The second kappa shape index (κ2) is 5.09. The highest BCUT2D eigenvalue weighted by atomic mass is 16.6. The van der Waals surface area contributed by atoms with Crippen molar-refractivity contribution in [1.29, 1.82) is 0 Å². The molecule has 0 fully saturated rings. The minimum atomic E-state index is -1.20. The fraction of sp³-hybridized carbons (Fsp3) is 0.667. The number of ether oxygens (including phenoxy) is 1. The molecule has 0 saturated heterocycles. The van der Waals surface area contributed by atoms with Crippen LogP contribution < -0.4 is 5.32 Å². The predicted octanol–water partition coefficient (Wildman–Crippen LogP) is 1.62. The predicted molar refractivity (Wildman–Crippen MR) is 63.4 cm³/mol. The number of alkyl carbamates (subject to hydrolysis) is 1. The Labute approximate surface area is 102 Å². The number of carbonyl (C=O) groups excluding carboxylic acids is 1. The lowest BCUT2D eigenvalue weighted by molar-refractivity contribution is -0.141. The summed E-state index contributed by atoms with van der Waals surface area (Å²) in [5.74, 6) is 1.14. The monoisotopic (exact) mass is 241 g/mol. The van der Waals surface area contributed by atoms with E-state index in [1.54, 1.807) is 34.6 Å². The van der Waals surface area contributed by atoms with Crippen molar-refractivity contribution in [3.05, 3.63) is 0 Å². The Kier molecular flexibility index (Phi) is 4.58. The minimum Gasteiger partial charge on any atom is -0.480 e. The molecule has 0 spiro atoms. The number of rotatable bonds is 3. The number of nitrogens with one attached hydrogen (secondary N) is 1. The highest BCUT2D eigenvalue weighted by Gasteiger charge is 2.36. The third-order valence-corrected chi connectivity index (χ3v) is 2.00. The second-order valence-electron chi connectivity index (χ2n) is 5.28. The van der Waals surface area contributed by atoms with Gasteiger partial charge in [-0.25, -0.2) is 9.59 Å². The normalized spacial score (nSPS) is 13.4. The summed E-state index contributed by atoms with van der Waals surface area (Å²) >= 11 is 0. The molecule has 96 valence electrons. The molecule has 0 rings (SSSR count). The third kappa shape index (κ3) is 5.25. The average Bonchev–Trinajstić information content (AvgIpc) is 2.10. The first kappa shape index (κ1) is 15.3. The number of hydrogen-bond donors (Lipinski definition) is 2. The lowest BCUT2D eigenvalue weighted by Gasteiger charge is -2.28. The van der Waals surface area contributed by atoms with Crippen LogP contribution in [0.2, 0.25) is 0 Å². The molecule has 5 heteroatoms. The molecule has 0 unspecified atom stereocenters. The summed E-state index contributed by atoms with van der Waals surface area (Å²) < 4.78 is 4.98. The maximum absolute atomic E-state index is 11.5. The summed E-state index contributed by atoms with van der Waals surface area (Å²) in [5, 5.41) is 11.3. The van der Waals surface area contributed by atoms with E-state index in [2.05, 4.69) is 11.2 Å². The molecule has 17 heavy (non-hydrogen) atoms.